The van der Waals surface area contributed by atoms with E-state index < -0.39 is 16.1 Å². The van der Waals surface area contributed by atoms with Gasteiger partial charge in [0.2, 0.25) is 15.9 Å². The number of nitrogens with zero attached hydrogens (tertiary/aromatic N) is 1. The Morgan fingerprint density at radius 3 is 2.44 bits per heavy atom. The van der Waals surface area contributed by atoms with E-state index in [4.69, 9.17) is 0 Å². The summed E-state index contributed by atoms with van der Waals surface area (Å²) in [5, 5.41) is 2.92. The number of likely N-dealkylation sites (tertiary alicyclic amines) is 1. The minimum absolute atomic E-state index is 0.177. The maximum Gasteiger partial charge on any atom is 0.241 e. The van der Waals surface area contributed by atoms with Gasteiger partial charge in [-0.2, -0.15) is 16.5 Å². The molecule has 2 rings (SSSR count). The molecule has 1 aromatic carbocycles. The first-order chi connectivity index (χ1) is 13.0. The molecule has 1 aromatic rings. The molecule has 0 saturated carbocycles. The van der Waals surface area contributed by atoms with Gasteiger partial charge in [-0.05, 0) is 56.5 Å². The molecule has 1 aliphatic heterocycles. The van der Waals surface area contributed by atoms with Crippen LogP contribution in [0.5, 0.6) is 0 Å². The van der Waals surface area contributed by atoms with Crippen molar-refractivity contribution in [2.45, 2.75) is 43.0 Å². The van der Waals surface area contributed by atoms with Gasteiger partial charge < -0.3 is 10.2 Å². The van der Waals surface area contributed by atoms with Crippen LogP contribution in [0.1, 0.15) is 32.1 Å². The molecule has 2 N–H and O–H groups in total. The molecule has 1 fully saturated rings. The number of benzene rings is 1. The normalized spacial score (nSPS) is 17.2. The summed E-state index contributed by atoms with van der Waals surface area (Å²) >= 11 is 1.59. The molecule has 0 radical (unpaired) electrons. The molecule has 27 heavy (non-hydrogen) atoms. The number of hydrogen-bond donors (Lipinski definition) is 2. The standard InChI is InChI=1S/C19H31N3O3S2/c1-26-16-11-18(21-27(24,25)17-9-5-4-6-10-17)19(23)20-12-15-22-13-7-2-3-8-14-22/h4-6,9-10,18,21H,2-3,7-8,11-16H2,1H3,(H,20,23). The molecule has 0 spiro atoms. The van der Waals surface area contributed by atoms with E-state index in [-0.39, 0.29) is 10.8 Å². The first-order valence-corrected chi connectivity index (χ1v) is 12.5. The molecule has 0 aromatic heterocycles. The van der Waals surface area contributed by atoms with Crippen molar-refractivity contribution in [2.24, 2.45) is 0 Å². The average molecular weight is 414 g/mol. The topological polar surface area (TPSA) is 78.5 Å². The lowest BCUT2D eigenvalue weighted by atomic mass is 10.2. The highest BCUT2D eigenvalue weighted by molar-refractivity contribution is 7.98. The maximum absolute atomic E-state index is 12.6. The van der Waals surface area contributed by atoms with Crippen LogP contribution < -0.4 is 10.0 Å². The molecule has 0 aliphatic carbocycles. The highest BCUT2D eigenvalue weighted by atomic mass is 32.2. The van der Waals surface area contributed by atoms with E-state index >= 15 is 0 Å². The van der Waals surface area contributed by atoms with Gasteiger partial charge in [0.05, 0.1) is 4.90 Å². The lowest BCUT2D eigenvalue weighted by Gasteiger charge is -2.22. The van der Waals surface area contributed by atoms with Gasteiger partial charge in [-0.3, -0.25) is 4.79 Å². The van der Waals surface area contributed by atoms with Gasteiger partial charge in [-0.15, -0.1) is 0 Å². The quantitative estimate of drug-likeness (QED) is 0.614. The molecule has 0 bridgehead atoms. The van der Waals surface area contributed by atoms with E-state index in [9.17, 15) is 13.2 Å². The predicted octanol–water partition coefficient (Wildman–Crippen LogP) is 2.08. The van der Waals surface area contributed by atoms with Crippen molar-refractivity contribution in [3.8, 4) is 0 Å². The molecule has 8 heteroatoms. The molecule has 1 unspecified atom stereocenters. The number of thioether (sulfide) groups is 1. The molecule has 1 saturated heterocycles. The van der Waals surface area contributed by atoms with Gasteiger partial charge in [-0.1, -0.05) is 31.0 Å². The Kier molecular flexibility index (Phi) is 9.61. The minimum Gasteiger partial charge on any atom is -0.353 e. The maximum atomic E-state index is 12.6. The van der Waals surface area contributed by atoms with Gasteiger partial charge in [0.25, 0.3) is 0 Å². The monoisotopic (exact) mass is 413 g/mol. The smallest absolute Gasteiger partial charge is 0.241 e. The van der Waals surface area contributed by atoms with Crippen LogP contribution >= 0.6 is 11.8 Å². The molecular formula is C19H31N3O3S2. The van der Waals surface area contributed by atoms with Crippen molar-refractivity contribution in [1.29, 1.82) is 0 Å². The zero-order chi connectivity index (χ0) is 19.5. The summed E-state index contributed by atoms with van der Waals surface area (Å²) in [6.45, 7) is 3.51. The van der Waals surface area contributed by atoms with E-state index in [0.29, 0.717) is 18.7 Å². The lowest BCUT2D eigenvalue weighted by Crippen LogP contribution is -2.48. The number of rotatable bonds is 10. The highest BCUT2D eigenvalue weighted by Crippen LogP contribution is 2.11. The van der Waals surface area contributed by atoms with Crippen LogP contribution in [0.15, 0.2) is 35.2 Å². The summed E-state index contributed by atoms with van der Waals surface area (Å²) in [4.78, 5) is 15.2. The van der Waals surface area contributed by atoms with Crippen LogP contribution in [0, 0.1) is 0 Å². The van der Waals surface area contributed by atoms with Crippen LogP contribution in [0.25, 0.3) is 0 Å². The van der Waals surface area contributed by atoms with Crippen molar-refractivity contribution in [1.82, 2.24) is 14.9 Å². The third kappa shape index (κ3) is 7.81. The SMILES string of the molecule is CSCCC(NS(=O)(=O)c1ccccc1)C(=O)NCCN1CCCCCC1. The third-order valence-corrected chi connectivity index (χ3v) is 6.84. The van der Waals surface area contributed by atoms with Crippen LogP contribution in [-0.4, -0.2) is 63.5 Å². The van der Waals surface area contributed by atoms with Gasteiger partial charge in [0.1, 0.15) is 6.04 Å². The predicted molar refractivity (Wildman–Crippen MR) is 111 cm³/mol. The largest absolute Gasteiger partial charge is 0.353 e. The second-order valence-corrected chi connectivity index (χ2v) is 9.51. The van der Waals surface area contributed by atoms with Crippen LogP contribution in [0.2, 0.25) is 0 Å². The van der Waals surface area contributed by atoms with Crippen molar-refractivity contribution in [3.05, 3.63) is 30.3 Å². The van der Waals surface area contributed by atoms with E-state index in [1.807, 2.05) is 6.26 Å². The Morgan fingerprint density at radius 2 is 1.81 bits per heavy atom. The summed E-state index contributed by atoms with van der Waals surface area (Å²) in [5.74, 6) is 0.458. The Labute approximate surface area is 167 Å². The van der Waals surface area contributed by atoms with Crippen LogP contribution in [-0.2, 0) is 14.8 Å². The Balaban J connectivity index is 1.90. The molecule has 1 amide bonds. The number of carbonyl (C=O) groups is 1. The minimum atomic E-state index is -3.72. The van der Waals surface area contributed by atoms with E-state index in [0.717, 1.165) is 19.6 Å². The molecule has 1 aliphatic rings. The first-order valence-electron chi connectivity index (χ1n) is 9.59. The number of amides is 1. The summed E-state index contributed by atoms with van der Waals surface area (Å²) in [7, 11) is -3.72. The fraction of sp³-hybridized carbons (Fsp3) is 0.632. The Hall–Kier alpha value is -1.09. The fourth-order valence-corrected chi connectivity index (χ4v) is 4.88. The first kappa shape index (κ1) is 22.2. The van der Waals surface area contributed by atoms with E-state index in [2.05, 4.69) is 14.9 Å². The number of hydrogen-bond acceptors (Lipinski definition) is 5. The lowest BCUT2D eigenvalue weighted by molar-refractivity contribution is -0.122. The highest BCUT2D eigenvalue weighted by Gasteiger charge is 2.25. The Morgan fingerprint density at radius 1 is 1.15 bits per heavy atom. The zero-order valence-corrected chi connectivity index (χ0v) is 17.7. The van der Waals surface area contributed by atoms with Crippen molar-refractivity contribution in [3.63, 3.8) is 0 Å². The fourth-order valence-electron chi connectivity index (χ4n) is 3.15. The summed E-state index contributed by atoms with van der Waals surface area (Å²) in [6.07, 6.45) is 7.38. The molecule has 152 valence electrons. The van der Waals surface area contributed by atoms with Gasteiger partial charge in [-0.25, -0.2) is 8.42 Å². The second kappa shape index (κ2) is 11.7. The molecule has 1 atom stereocenters. The van der Waals surface area contributed by atoms with Crippen LogP contribution in [0.4, 0.5) is 0 Å². The van der Waals surface area contributed by atoms with E-state index in [1.54, 1.807) is 30.0 Å². The Bertz CT molecular complexity index is 660. The number of sulfonamides is 1. The summed E-state index contributed by atoms with van der Waals surface area (Å²) in [6, 6.07) is 7.42. The zero-order valence-electron chi connectivity index (χ0n) is 16.0. The van der Waals surface area contributed by atoms with Gasteiger partial charge >= 0.3 is 0 Å². The average Bonchev–Trinajstić information content (AvgIpc) is 2.94. The number of nitrogens with one attached hydrogen (secondary N) is 2. The second-order valence-electron chi connectivity index (χ2n) is 6.82. The summed E-state index contributed by atoms with van der Waals surface area (Å²) in [5.41, 5.74) is 0. The summed E-state index contributed by atoms with van der Waals surface area (Å²) < 4.78 is 27.7. The third-order valence-electron chi connectivity index (χ3n) is 4.70. The molecule has 1 heterocycles. The van der Waals surface area contributed by atoms with Crippen LogP contribution in [0.3, 0.4) is 0 Å². The van der Waals surface area contributed by atoms with Crippen molar-refractivity contribution in [2.75, 3.05) is 38.2 Å². The number of carbonyl (C=O) groups excluding carboxylic acids is 1. The molecular weight excluding hydrogens is 382 g/mol. The van der Waals surface area contributed by atoms with E-state index in [1.165, 1.54) is 37.8 Å². The van der Waals surface area contributed by atoms with Gasteiger partial charge in [0.15, 0.2) is 0 Å². The van der Waals surface area contributed by atoms with Gasteiger partial charge in [0, 0.05) is 13.1 Å². The van der Waals surface area contributed by atoms with Crippen molar-refractivity contribution >= 4 is 27.7 Å². The molecule has 6 nitrogen and oxygen atoms in total. The van der Waals surface area contributed by atoms with Crippen molar-refractivity contribution < 1.29 is 13.2 Å².